The van der Waals surface area contributed by atoms with E-state index in [2.05, 4.69) is 36.8 Å². The van der Waals surface area contributed by atoms with E-state index in [1.165, 1.54) is 0 Å². The first-order chi connectivity index (χ1) is 12.6. The second-order valence-electron chi connectivity index (χ2n) is 5.64. The van der Waals surface area contributed by atoms with Crippen LogP contribution in [0.3, 0.4) is 0 Å². The molecule has 0 aliphatic heterocycles. The largest absolute Gasteiger partial charge is 0.361 e. The summed E-state index contributed by atoms with van der Waals surface area (Å²) in [6.45, 7) is 0. The number of benzene rings is 2. The molecule has 0 atom stereocenters. The summed E-state index contributed by atoms with van der Waals surface area (Å²) >= 11 is 3.33. The number of hydrazone groups is 1. The highest BCUT2D eigenvalue weighted by atomic mass is 79.9. The third-order valence-corrected chi connectivity index (χ3v) is 4.25. The fourth-order valence-corrected chi connectivity index (χ4v) is 2.68. The Balaban J connectivity index is 1.45. The number of aromatic amines is 1. The number of fused-ring (bicyclic) bond motifs is 1. The van der Waals surface area contributed by atoms with Gasteiger partial charge in [-0.05, 0) is 30.3 Å². The fourth-order valence-electron chi connectivity index (χ4n) is 2.41. The molecule has 0 aliphatic carbocycles. The summed E-state index contributed by atoms with van der Waals surface area (Å²) in [5.41, 5.74) is 5.02. The molecule has 6 nitrogen and oxygen atoms in total. The molecule has 26 heavy (non-hydrogen) atoms. The molecule has 0 radical (unpaired) electrons. The predicted molar refractivity (Wildman–Crippen MR) is 106 cm³/mol. The molecule has 3 aromatic rings. The van der Waals surface area contributed by atoms with Crippen molar-refractivity contribution in [2.75, 3.05) is 5.32 Å². The first kappa shape index (κ1) is 17.9. The maximum atomic E-state index is 11.9. The predicted octanol–water partition coefficient (Wildman–Crippen LogP) is 3.80. The highest BCUT2D eigenvalue weighted by molar-refractivity contribution is 9.10. The van der Waals surface area contributed by atoms with Crippen LogP contribution in [0.15, 0.2) is 64.3 Å². The average molecular weight is 413 g/mol. The summed E-state index contributed by atoms with van der Waals surface area (Å²) in [6, 6.07) is 15.1. The SMILES string of the molecule is O=C(CCC(=O)Nc1ccc(Br)cc1)N/N=C/c1c[nH]c2ccccc12. The summed E-state index contributed by atoms with van der Waals surface area (Å²) in [5, 5.41) is 7.72. The molecule has 0 saturated heterocycles. The Bertz CT molecular complexity index is 948. The minimum Gasteiger partial charge on any atom is -0.361 e. The lowest BCUT2D eigenvalue weighted by atomic mass is 10.2. The van der Waals surface area contributed by atoms with Crippen molar-refractivity contribution in [2.45, 2.75) is 12.8 Å². The van der Waals surface area contributed by atoms with E-state index in [1.54, 1.807) is 18.3 Å². The van der Waals surface area contributed by atoms with Gasteiger partial charge in [0.1, 0.15) is 0 Å². The van der Waals surface area contributed by atoms with Gasteiger partial charge in [0, 0.05) is 45.7 Å². The molecule has 7 heteroatoms. The summed E-state index contributed by atoms with van der Waals surface area (Å²) < 4.78 is 0.933. The van der Waals surface area contributed by atoms with Gasteiger partial charge in [-0.2, -0.15) is 5.10 Å². The van der Waals surface area contributed by atoms with Gasteiger partial charge in [0.15, 0.2) is 0 Å². The Morgan fingerprint density at radius 1 is 1.04 bits per heavy atom. The van der Waals surface area contributed by atoms with Crippen molar-refractivity contribution < 1.29 is 9.59 Å². The lowest BCUT2D eigenvalue weighted by molar-refractivity contribution is -0.124. The minimum absolute atomic E-state index is 0.0631. The van der Waals surface area contributed by atoms with Crippen molar-refractivity contribution in [3.05, 3.63) is 64.8 Å². The molecule has 0 fully saturated rings. The highest BCUT2D eigenvalue weighted by Gasteiger charge is 2.07. The molecule has 1 heterocycles. The molecular formula is C19H17BrN4O2. The van der Waals surface area contributed by atoms with Gasteiger partial charge in [0.05, 0.1) is 6.21 Å². The fraction of sp³-hybridized carbons (Fsp3) is 0.105. The molecule has 0 saturated carbocycles. The van der Waals surface area contributed by atoms with Crippen LogP contribution in [0.5, 0.6) is 0 Å². The second kappa shape index (κ2) is 8.44. The van der Waals surface area contributed by atoms with Gasteiger partial charge in [0.2, 0.25) is 11.8 Å². The number of carbonyl (C=O) groups is 2. The number of carbonyl (C=O) groups excluding carboxylic acids is 2. The van der Waals surface area contributed by atoms with Crippen LogP contribution in [-0.4, -0.2) is 23.0 Å². The maximum absolute atomic E-state index is 11.9. The zero-order valence-electron chi connectivity index (χ0n) is 13.8. The molecule has 2 amide bonds. The molecule has 1 aromatic heterocycles. The van der Waals surface area contributed by atoms with Crippen molar-refractivity contribution >= 4 is 50.5 Å². The summed E-state index contributed by atoms with van der Waals surface area (Å²) in [6.07, 6.45) is 3.56. The standard InChI is InChI=1S/C19H17BrN4O2/c20-14-5-7-15(8-6-14)23-18(25)9-10-19(26)24-22-12-13-11-21-17-4-2-1-3-16(13)17/h1-8,11-12,21H,9-10H2,(H,23,25)(H,24,26)/b22-12+. The van der Waals surface area contributed by atoms with Gasteiger partial charge in [-0.3, -0.25) is 9.59 Å². The Morgan fingerprint density at radius 2 is 1.77 bits per heavy atom. The molecule has 0 unspecified atom stereocenters. The Labute approximate surface area is 158 Å². The number of aromatic nitrogens is 1. The van der Waals surface area contributed by atoms with E-state index in [1.807, 2.05) is 42.6 Å². The lowest BCUT2D eigenvalue weighted by Crippen LogP contribution is -2.20. The van der Waals surface area contributed by atoms with Crippen LogP contribution in [0.1, 0.15) is 18.4 Å². The van der Waals surface area contributed by atoms with Crippen LogP contribution in [0.25, 0.3) is 10.9 Å². The van der Waals surface area contributed by atoms with Crippen LogP contribution >= 0.6 is 15.9 Å². The van der Waals surface area contributed by atoms with Gasteiger partial charge in [-0.1, -0.05) is 34.1 Å². The van der Waals surface area contributed by atoms with Crippen LogP contribution in [-0.2, 0) is 9.59 Å². The molecule has 3 rings (SSSR count). The Kier molecular flexibility index (Phi) is 5.80. The third-order valence-electron chi connectivity index (χ3n) is 3.72. The van der Waals surface area contributed by atoms with Crippen molar-refractivity contribution in [3.63, 3.8) is 0 Å². The number of halogens is 1. The van der Waals surface area contributed by atoms with E-state index in [0.717, 1.165) is 20.9 Å². The highest BCUT2D eigenvalue weighted by Crippen LogP contribution is 2.16. The smallest absolute Gasteiger partial charge is 0.240 e. The summed E-state index contributed by atoms with van der Waals surface area (Å²) in [7, 11) is 0. The molecular weight excluding hydrogens is 396 g/mol. The maximum Gasteiger partial charge on any atom is 0.240 e. The summed E-state index contributed by atoms with van der Waals surface area (Å²) in [4.78, 5) is 26.8. The van der Waals surface area contributed by atoms with E-state index in [-0.39, 0.29) is 24.7 Å². The molecule has 3 N–H and O–H groups in total. The van der Waals surface area contributed by atoms with Gasteiger partial charge in [-0.25, -0.2) is 5.43 Å². The van der Waals surface area contributed by atoms with Gasteiger partial charge in [0.25, 0.3) is 0 Å². The van der Waals surface area contributed by atoms with Crippen LogP contribution in [0.2, 0.25) is 0 Å². The number of nitrogens with one attached hydrogen (secondary N) is 3. The number of amides is 2. The number of rotatable bonds is 6. The second-order valence-corrected chi connectivity index (χ2v) is 6.55. The van der Waals surface area contributed by atoms with Gasteiger partial charge in [-0.15, -0.1) is 0 Å². The summed E-state index contributed by atoms with van der Waals surface area (Å²) in [5.74, 6) is -0.532. The van der Waals surface area contributed by atoms with Gasteiger partial charge < -0.3 is 10.3 Å². The van der Waals surface area contributed by atoms with E-state index >= 15 is 0 Å². The number of hydrogen-bond donors (Lipinski definition) is 3. The monoisotopic (exact) mass is 412 g/mol. The van der Waals surface area contributed by atoms with E-state index in [0.29, 0.717) is 5.69 Å². The first-order valence-corrected chi connectivity index (χ1v) is 8.84. The number of H-pyrrole nitrogens is 1. The van der Waals surface area contributed by atoms with E-state index in [4.69, 9.17) is 0 Å². The zero-order chi connectivity index (χ0) is 18.4. The normalized spacial score (nSPS) is 11.0. The van der Waals surface area contributed by atoms with Crippen LogP contribution < -0.4 is 10.7 Å². The molecule has 0 bridgehead atoms. The molecule has 2 aromatic carbocycles. The first-order valence-electron chi connectivity index (χ1n) is 8.05. The third kappa shape index (κ3) is 4.80. The number of anilines is 1. The van der Waals surface area contributed by atoms with Gasteiger partial charge >= 0.3 is 0 Å². The Morgan fingerprint density at radius 3 is 2.58 bits per heavy atom. The Hall–Kier alpha value is -2.93. The molecule has 132 valence electrons. The zero-order valence-corrected chi connectivity index (χ0v) is 15.4. The quantitative estimate of drug-likeness (QED) is 0.424. The van der Waals surface area contributed by atoms with Crippen molar-refractivity contribution in [3.8, 4) is 0 Å². The topological polar surface area (TPSA) is 86.3 Å². The van der Waals surface area contributed by atoms with E-state index < -0.39 is 0 Å². The lowest BCUT2D eigenvalue weighted by Gasteiger charge is -2.04. The number of para-hydroxylation sites is 1. The average Bonchev–Trinajstić information content (AvgIpc) is 3.05. The number of hydrogen-bond acceptors (Lipinski definition) is 3. The van der Waals surface area contributed by atoms with Crippen molar-refractivity contribution in [1.29, 1.82) is 0 Å². The minimum atomic E-state index is -0.313. The number of nitrogens with zero attached hydrogens (tertiary/aromatic N) is 1. The molecule has 0 aliphatic rings. The van der Waals surface area contributed by atoms with Crippen LogP contribution in [0, 0.1) is 0 Å². The van der Waals surface area contributed by atoms with Crippen LogP contribution in [0.4, 0.5) is 5.69 Å². The molecule has 0 spiro atoms. The van der Waals surface area contributed by atoms with E-state index in [9.17, 15) is 9.59 Å². The van der Waals surface area contributed by atoms with Crippen molar-refractivity contribution in [1.82, 2.24) is 10.4 Å². The van der Waals surface area contributed by atoms with Crippen molar-refractivity contribution in [2.24, 2.45) is 5.10 Å².